The molecule has 0 fully saturated rings. The molecule has 1 atom stereocenters. The molecule has 0 saturated heterocycles. The summed E-state index contributed by atoms with van der Waals surface area (Å²) in [6.07, 6.45) is 0. The van der Waals surface area contributed by atoms with Crippen LogP contribution in [0.4, 0.5) is 0 Å². The molecule has 0 aliphatic rings. The molecule has 21 heavy (non-hydrogen) atoms. The molecule has 0 bridgehead atoms. The topological polar surface area (TPSA) is 60.8 Å². The lowest BCUT2D eigenvalue weighted by Gasteiger charge is -2.26. The fourth-order valence-electron chi connectivity index (χ4n) is 2.07. The van der Waals surface area contributed by atoms with Gasteiger partial charge in [0.25, 0.3) is 5.91 Å². The van der Waals surface area contributed by atoms with Gasteiger partial charge in [0, 0.05) is 18.2 Å². The minimum absolute atomic E-state index is 0.0180. The summed E-state index contributed by atoms with van der Waals surface area (Å²) >= 11 is 3.18. The van der Waals surface area contributed by atoms with E-state index in [1.807, 2.05) is 13.0 Å². The number of para-hydroxylation sites is 1. The van der Waals surface area contributed by atoms with E-state index >= 15 is 0 Å². The zero-order valence-electron chi connectivity index (χ0n) is 11.7. The van der Waals surface area contributed by atoms with E-state index in [9.17, 15) is 15.0 Å². The fraction of sp³-hybridized carbons (Fsp3) is 0.188. The quantitative estimate of drug-likeness (QED) is 0.888. The molecule has 2 aromatic rings. The van der Waals surface area contributed by atoms with Crippen molar-refractivity contribution >= 4 is 21.8 Å². The maximum absolute atomic E-state index is 12.5. The van der Waals surface area contributed by atoms with Gasteiger partial charge in [0.15, 0.2) is 0 Å². The first-order valence-corrected chi connectivity index (χ1v) is 7.24. The number of aromatic hydroxyl groups is 2. The summed E-state index contributed by atoms with van der Waals surface area (Å²) in [5.74, 6) is -0.0543. The SMILES string of the molecule is CC(c1ccccc1O)N(C)C(=O)c1ccc(Br)c(O)c1. The highest BCUT2D eigenvalue weighted by Crippen LogP contribution is 2.29. The number of phenols is 2. The Balaban J connectivity index is 2.26. The van der Waals surface area contributed by atoms with Gasteiger partial charge in [-0.05, 0) is 47.1 Å². The number of carbonyl (C=O) groups is 1. The third-order valence-corrected chi connectivity index (χ3v) is 4.15. The Morgan fingerprint density at radius 1 is 1.14 bits per heavy atom. The molecule has 0 saturated carbocycles. The Hall–Kier alpha value is -2.01. The highest BCUT2D eigenvalue weighted by atomic mass is 79.9. The van der Waals surface area contributed by atoms with Crippen LogP contribution in [0.2, 0.25) is 0 Å². The normalized spacial score (nSPS) is 12.0. The maximum Gasteiger partial charge on any atom is 0.254 e. The van der Waals surface area contributed by atoms with Crippen molar-refractivity contribution in [3.63, 3.8) is 0 Å². The number of carbonyl (C=O) groups excluding carboxylic acids is 1. The van der Waals surface area contributed by atoms with Gasteiger partial charge in [-0.1, -0.05) is 18.2 Å². The van der Waals surface area contributed by atoms with Crippen LogP contribution in [0.1, 0.15) is 28.9 Å². The van der Waals surface area contributed by atoms with Gasteiger partial charge in [-0.2, -0.15) is 0 Å². The van der Waals surface area contributed by atoms with Crippen LogP contribution in [0.3, 0.4) is 0 Å². The van der Waals surface area contributed by atoms with Crippen molar-refractivity contribution in [2.75, 3.05) is 7.05 Å². The van der Waals surface area contributed by atoms with Crippen molar-refractivity contribution in [1.29, 1.82) is 0 Å². The molecule has 5 heteroatoms. The van der Waals surface area contributed by atoms with Gasteiger partial charge in [0.2, 0.25) is 0 Å². The smallest absolute Gasteiger partial charge is 0.254 e. The summed E-state index contributed by atoms with van der Waals surface area (Å²) < 4.78 is 0.537. The first-order chi connectivity index (χ1) is 9.91. The molecule has 0 aromatic heterocycles. The Bertz CT molecular complexity index is 672. The zero-order valence-corrected chi connectivity index (χ0v) is 13.3. The van der Waals surface area contributed by atoms with Crippen molar-refractivity contribution < 1.29 is 15.0 Å². The predicted octanol–water partition coefficient (Wildman–Crippen LogP) is 3.69. The Labute approximate surface area is 131 Å². The third-order valence-electron chi connectivity index (χ3n) is 3.48. The molecule has 0 radical (unpaired) electrons. The minimum atomic E-state index is -0.288. The molecule has 110 valence electrons. The van der Waals surface area contributed by atoms with E-state index in [0.717, 1.165) is 0 Å². The number of phenolic OH excluding ortho intramolecular Hbond substituents is 2. The number of rotatable bonds is 3. The number of nitrogens with zero attached hydrogens (tertiary/aromatic N) is 1. The third kappa shape index (κ3) is 3.19. The van der Waals surface area contributed by atoms with Crippen molar-refractivity contribution in [2.45, 2.75) is 13.0 Å². The zero-order chi connectivity index (χ0) is 15.6. The lowest BCUT2D eigenvalue weighted by molar-refractivity contribution is 0.0741. The number of hydrogen-bond acceptors (Lipinski definition) is 3. The number of halogens is 1. The van der Waals surface area contributed by atoms with E-state index in [-0.39, 0.29) is 23.4 Å². The van der Waals surface area contributed by atoms with E-state index in [1.54, 1.807) is 37.4 Å². The van der Waals surface area contributed by atoms with E-state index in [0.29, 0.717) is 15.6 Å². The molecule has 4 nitrogen and oxygen atoms in total. The van der Waals surface area contributed by atoms with Crippen molar-refractivity contribution in [1.82, 2.24) is 4.90 Å². The van der Waals surface area contributed by atoms with Crippen LogP contribution >= 0.6 is 15.9 Å². The molecular formula is C16H16BrNO3. The monoisotopic (exact) mass is 349 g/mol. The van der Waals surface area contributed by atoms with E-state index in [4.69, 9.17) is 0 Å². The average Bonchev–Trinajstić information content (AvgIpc) is 2.48. The largest absolute Gasteiger partial charge is 0.508 e. The van der Waals surface area contributed by atoms with Gasteiger partial charge < -0.3 is 15.1 Å². The lowest BCUT2D eigenvalue weighted by atomic mass is 10.0. The van der Waals surface area contributed by atoms with Crippen LogP contribution in [0.15, 0.2) is 46.9 Å². The van der Waals surface area contributed by atoms with Crippen LogP contribution in [-0.4, -0.2) is 28.1 Å². The summed E-state index contributed by atoms with van der Waals surface area (Å²) in [6, 6.07) is 11.3. The molecule has 0 heterocycles. The summed E-state index contributed by atoms with van der Waals surface area (Å²) in [6.45, 7) is 1.84. The molecule has 0 spiro atoms. The van der Waals surface area contributed by atoms with Gasteiger partial charge in [-0.15, -0.1) is 0 Å². The summed E-state index contributed by atoms with van der Waals surface area (Å²) in [4.78, 5) is 14.0. The number of hydrogen-bond donors (Lipinski definition) is 2. The molecule has 2 aromatic carbocycles. The average molecular weight is 350 g/mol. The molecule has 1 amide bonds. The number of amides is 1. The minimum Gasteiger partial charge on any atom is -0.508 e. The molecular weight excluding hydrogens is 334 g/mol. The fourth-order valence-corrected chi connectivity index (χ4v) is 2.32. The molecule has 0 aliphatic carbocycles. The van der Waals surface area contributed by atoms with Crippen LogP contribution in [-0.2, 0) is 0 Å². The Morgan fingerprint density at radius 3 is 2.43 bits per heavy atom. The highest BCUT2D eigenvalue weighted by Gasteiger charge is 2.21. The standard InChI is InChI=1S/C16H16BrNO3/c1-10(12-5-3-4-6-14(12)19)18(2)16(21)11-7-8-13(17)15(20)9-11/h3-10,19-20H,1-2H3. The van der Waals surface area contributed by atoms with Crippen LogP contribution in [0.25, 0.3) is 0 Å². The first-order valence-electron chi connectivity index (χ1n) is 6.45. The van der Waals surface area contributed by atoms with Crippen LogP contribution < -0.4 is 0 Å². The summed E-state index contributed by atoms with van der Waals surface area (Å²) in [5, 5.41) is 19.6. The van der Waals surface area contributed by atoms with Crippen molar-refractivity contribution in [3.8, 4) is 11.5 Å². The van der Waals surface area contributed by atoms with Crippen molar-refractivity contribution in [2.24, 2.45) is 0 Å². The predicted molar refractivity (Wildman–Crippen MR) is 84.4 cm³/mol. The van der Waals surface area contributed by atoms with Crippen LogP contribution in [0.5, 0.6) is 11.5 Å². The van der Waals surface area contributed by atoms with E-state index in [1.165, 1.54) is 11.0 Å². The van der Waals surface area contributed by atoms with Crippen molar-refractivity contribution in [3.05, 3.63) is 58.1 Å². The molecule has 2 N–H and O–H groups in total. The second-order valence-corrected chi connectivity index (χ2v) is 5.67. The maximum atomic E-state index is 12.5. The molecule has 2 rings (SSSR count). The van der Waals surface area contributed by atoms with Crippen LogP contribution in [0, 0.1) is 0 Å². The second-order valence-electron chi connectivity index (χ2n) is 4.82. The lowest BCUT2D eigenvalue weighted by Crippen LogP contribution is -2.29. The van der Waals surface area contributed by atoms with Gasteiger partial charge >= 0.3 is 0 Å². The van der Waals surface area contributed by atoms with Gasteiger partial charge in [-0.25, -0.2) is 0 Å². The summed E-state index contributed by atoms with van der Waals surface area (Å²) in [7, 11) is 1.67. The van der Waals surface area contributed by atoms with E-state index < -0.39 is 0 Å². The van der Waals surface area contributed by atoms with Gasteiger partial charge in [0.1, 0.15) is 11.5 Å². The van der Waals surface area contributed by atoms with E-state index in [2.05, 4.69) is 15.9 Å². The summed E-state index contributed by atoms with van der Waals surface area (Å²) in [5.41, 5.74) is 1.06. The van der Waals surface area contributed by atoms with Gasteiger partial charge in [0.05, 0.1) is 10.5 Å². The molecule has 1 unspecified atom stereocenters. The molecule has 0 aliphatic heterocycles. The highest BCUT2D eigenvalue weighted by molar-refractivity contribution is 9.10. The Kier molecular flexibility index (Phi) is 4.53. The first kappa shape index (κ1) is 15.4. The Morgan fingerprint density at radius 2 is 1.81 bits per heavy atom. The van der Waals surface area contributed by atoms with Gasteiger partial charge in [-0.3, -0.25) is 4.79 Å². The second kappa shape index (κ2) is 6.18. The number of benzene rings is 2.